The summed E-state index contributed by atoms with van der Waals surface area (Å²) in [5.74, 6) is 0. The second-order valence-electron chi connectivity index (χ2n) is 3.30. The molecule has 0 aliphatic carbocycles. The third-order valence-electron chi connectivity index (χ3n) is 2.32. The molecule has 4 heteroatoms. The Balaban J connectivity index is 1.99. The molecule has 2 aromatic rings. The van der Waals surface area contributed by atoms with Crippen LogP contribution in [0.2, 0.25) is 0 Å². The Kier molecular flexibility index (Phi) is 1.84. The second kappa shape index (κ2) is 3.31. The summed E-state index contributed by atoms with van der Waals surface area (Å²) in [5, 5.41) is 4.18. The highest BCUT2D eigenvalue weighted by molar-refractivity contribution is 6.00. The molecule has 0 unspecified atom stereocenters. The number of anilines is 1. The number of nitrogens with zero attached hydrogens (tertiary/aromatic N) is 1. The highest BCUT2D eigenvalue weighted by atomic mass is 16.5. The highest BCUT2D eigenvalue weighted by Gasteiger charge is 2.09. The Bertz CT molecular complexity index is 516. The van der Waals surface area contributed by atoms with Crippen LogP contribution in [0.5, 0.6) is 0 Å². The second-order valence-corrected chi connectivity index (χ2v) is 3.30. The fourth-order valence-corrected chi connectivity index (χ4v) is 1.63. The summed E-state index contributed by atoms with van der Waals surface area (Å²) in [6.45, 7) is 1.38. The molecule has 4 nitrogen and oxygen atoms in total. The van der Waals surface area contributed by atoms with E-state index in [9.17, 15) is 0 Å². The topological polar surface area (TPSA) is 46.8 Å². The van der Waals surface area contributed by atoms with E-state index in [1.807, 2.05) is 24.3 Å². The zero-order valence-corrected chi connectivity index (χ0v) is 8.06. The maximum atomic E-state index is 5.30. The van der Waals surface area contributed by atoms with Gasteiger partial charge in [0.05, 0.1) is 18.5 Å². The quantitative estimate of drug-likeness (QED) is 0.771. The first kappa shape index (κ1) is 8.35. The van der Waals surface area contributed by atoms with Crippen molar-refractivity contribution in [2.45, 2.75) is 0 Å². The molecule has 1 aromatic heterocycles. The molecule has 0 atom stereocenters. The molecule has 76 valence electrons. The average Bonchev–Trinajstić information content (AvgIpc) is 2.87. The van der Waals surface area contributed by atoms with Gasteiger partial charge in [-0.25, -0.2) is 4.99 Å². The molecule has 1 aromatic carbocycles. The summed E-state index contributed by atoms with van der Waals surface area (Å²) >= 11 is 0. The van der Waals surface area contributed by atoms with Gasteiger partial charge in [-0.2, -0.15) is 0 Å². The van der Waals surface area contributed by atoms with Crippen molar-refractivity contribution in [3.05, 3.63) is 30.5 Å². The number of nitrogens with one attached hydrogen (secondary N) is 1. The maximum Gasteiger partial charge on any atom is 0.289 e. The van der Waals surface area contributed by atoms with Crippen molar-refractivity contribution in [3.8, 4) is 0 Å². The predicted octanol–water partition coefficient (Wildman–Crippen LogP) is 2.23. The van der Waals surface area contributed by atoms with Crippen LogP contribution in [0.25, 0.3) is 11.0 Å². The highest BCUT2D eigenvalue weighted by Crippen LogP contribution is 2.24. The van der Waals surface area contributed by atoms with Crippen molar-refractivity contribution in [2.24, 2.45) is 4.99 Å². The van der Waals surface area contributed by atoms with Crippen LogP contribution in [-0.2, 0) is 4.74 Å². The van der Waals surface area contributed by atoms with Crippen LogP contribution in [0.3, 0.4) is 0 Å². The molecule has 0 bridgehead atoms. The first-order valence-electron chi connectivity index (χ1n) is 4.84. The van der Waals surface area contributed by atoms with Gasteiger partial charge in [0.15, 0.2) is 0 Å². The standard InChI is InChI=1S/C11H10N2O2/c1-2-9(13-11-12-5-7-15-11)8-4-6-14-10(8)3-1/h1-4,6H,5,7H2,(H,12,13). The number of ether oxygens (including phenoxy) is 1. The number of fused-ring (bicyclic) bond motifs is 1. The zero-order chi connectivity index (χ0) is 10.1. The van der Waals surface area contributed by atoms with Crippen LogP contribution >= 0.6 is 0 Å². The minimum Gasteiger partial charge on any atom is -0.464 e. The first-order valence-corrected chi connectivity index (χ1v) is 4.84. The summed E-state index contributed by atoms with van der Waals surface area (Å²) in [6.07, 6.45) is 1.67. The van der Waals surface area contributed by atoms with E-state index in [0.29, 0.717) is 12.6 Å². The van der Waals surface area contributed by atoms with E-state index < -0.39 is 0 Å². The molecule has 1 aliphatic rings. The lowest BCUT2D eigenvalue weighted by atomic mass is 10.2. The van der Waals surface area contributed by atoms with Gasteiger partial charge in [0.1, 0.15) is 12.2 Å². The van der Waals surface area contributed by atoms with Gasteiger partial charge in [0, 0.05) is 5.39 Å². The van der Waals surface area contributed by atoms with Crippen LogP contribution < -0.4 is 5.32 Å². The fourth-order valence-electron chi connectivity index (χ4n) is 1.63. The Morgan fingerprint density at radius 3 is 3.13 bits per heavy atom. The van der Waals surface area contributed by atoms with Gasteiger partial charge in [-0.3, -0.25) is 0 Å². The van der Waals surface area contributed by atoms with E-state index in [1.165, 1.54) is 0 Å². The van der Waals surface area contributed by atoms with E-state index in [-0.39, 0.29) is 0 Å². The van der Waals surface area contributed by atoms with Crippen molar-refractivity contribution >= 4 is 22.7 Å². The van der Waals surface area contributed by atoms with E-state index in [4.69, 9.17) is 9.15 Å². The fraction of sp³-hybridized carbons (Fsp3) is 0.182. The van der Waals surface area contributed by atoms with Crippen LogP contribution in [-0.4, -0.2) is 19.2 Å². The van der Waals surface area contributed by atoms with Gasteiger partial charge in [0.25, 0.3) is 6.02 Å². The number of hydrogen-bond acceptors (Lipinski definition) is 4. The van der Waals surface area contributed by atoms with Crippen molar-refractivity contribution < 1.29 is 9.15 Å². The Hall–Kier alpha value is -1.97. The summed E-state index contributed by atoms with van der Waals surface area (Å²) < 4.78 is 10.6. The molecule has 15 heavy (non-hydrogen) atoms. The lowest BCUT2D eigenvalue weighted by Gasteiger charge is -2.05. The van der Waals surface area contributed by atoms with Crippen LogP contribution in [0, 0.1) is 0 Å². The minimum atomic E-state index is 0.587. The van der Waals surface area contributed by atoms with Crippen LogP contribution in [0.15, 0.2) is 39.9 Å². The first-order chi connectivity index (χ1) is 7.43. The third kappa shape index (κ3) is 1.44. The zero-order valence-electron chi connectivity index (χ0n) is 8.06. The lowest BCUT2D eigenvalue weighted by molar-refractivity contribution is 0.346. The van der Waals surface area contributed by atoms with Crippen LogP contribution in [0.4, 0.5) is 5.69 Å². The molecule has 0 spiro atoms. The summed E-state index contributed by atoms with van der Waals surface area (Å²) in [7, 11) is 0. The predicted molar refractivity (Wildman–Crippen MR) is 58.1 cm³/mol. The van der Waals surface area contributed by atoms with Crippen molar-refractivity contribution in [1.82, 2.24) is 0 Å². The number of amidine groups is 1. The monoisotopic (exact) mass is 202 g/mol. The Morgan fingerprint density at radius 1 is 1.27 bits per heavy atom. The van der Waals surface area contributed by atoms with Crippen molar-refractivity contribution in [2.75, 3.05) is 18.5 Å². The smallest absolute Gasteiger partial charge is 0.289 e. The Morgan fingerprint density at radius 2 is 2.27 bits per heavy atom. The molecule has 1 aliphatic heterocycles. The number of benzene rings is 1. The van der Waals surface area contributed by atoms with E-state index in [2.05, 4.69) is 10.3 Å². The number of rotatable bonds is 1. The number of hydrogen-bond donors (Lipinski definition) is 1. The van der Waals surface area contributed by atoms with Gasteiger partial charge >= 0.3 is 0 Å². The number of aliphatic imine (C=N–C) groups is 1. The molecule has 0 saturated carbocycles. The lowest BCUT2D eigenvalue weighted by Crippen LogP contribution is -2.11. The Labute approximate surface area is 86.6 Å². The molecule has 0 radical (unpaired) electrons. The molecule has 0 saturated heterocycles. The minimum absolute atomic E-state index is 0.587. The largest absolute Gasteiger partial charge is 0.464 e. The van der Waals surface area contributed by atoms with Gasteiger partial charge < -0.3 is 14.5 Å². The molecule has 3 rings (SSSR count). The van der Waals surface area contributed by atoms with Gasteiger partial charge in [-0.1, -0.05) is 6.07 Å². The average molecular weight is 202 g/mol. The molecule has 0 amide bonds. The summed E-state index contributed by atoms with van der Waals surface area (Å²) in [6, 6.07) is 8.35. The van der Waals surface area contributed by atoms with Crippen LogP contribution in [0.1, 0.15) is 0 Å². The van der Waals surface area contributed by atoms with Gasteiger partial charge in [-0.05, 0) is 18.2 Å². The van der Waals surface area contributed by atoms with Gasteiger partial charge in [-0.15, -0.1) is 0 Å². The normalized spacial score (nSPS) is 15.1. The SMILES string of the molecule is c1cc(NC2=NCCO2)c2ccoc2c1. The summed E-state index contributed by atoms with van der Waals surface area (Å²) in [5.41, 5.74) is 1.82. The third-order valence-corrected chi connectivity index (χ3v) is 2.32. The molecular weight excluding hydrogens is 192 g/mol. The molecule has 2 heterocycles. The van der Waals surface area contributed by atoms with E-state index >= 15 is 0 Å². The van der Waals surface area contributed by atoms with Gasteiger partial charge in [0.2, 0.25) is 0 Å². The maximum absolute atomic E-state index is 5.30. The molecular formula is C11H10N2O2. The molecule has 0 fully saturated rings. The molecule has 1 N–H and O–H groups in total. The summed E-state index contributed by atoms with van der Waals surface area (Å²) in [4.78, 5) is 4.17. The van der Waals surface area contributed by atoms with E-state index in [1.54, 1.807) is 6.26 Å². The van der Waals surface area contributed by atoms with Crippen molar-refractivity contribution in [1.29, 1.82) is 0 Å². The number of furan rings is 1. The van der Waals surface area contributed by atoms with Crippen molar-refractivity contribution in [3.63, 3.8) is 0 Å². The van der Waals surface area contributed by atoms with E-state index in [0.717, 1.165) is 23.2 Å².